The predicted molar refractivity (Wildman–Crippen MR) is 146 cm³/mol. The van der Waals surface area contributed by atoms with Crippen LogP contribution in [-0.2, 0) is 6.42 Å². The van der Waals surface area contributed by atoms with Crippen LogP contribution in [0.2, 0.25) is 0 Å². The number of ether oxygens (including phenoxy) is 2. The quantitative estimate of drug-likeness (QED) is 0.233. The van der Waals surface area contributed by atoms with Gasteiger partial charge in [0.1, 0.15) is 29.4 Å². The van der Waals surface area contributed by atoms with Crippen LogP contribution in [0.1, 0.15) is 31.7 Å². The van der Waals surface area contributed by atoms with Gasteiger partial charge < -0.3 is 14.6 Å². The van der Waals surface area contributed by atoms with Crippen LogP contribution in [0.5, 0.6) is 17.6 Å². The molecule has 2 aliphatic heterocycles. The molecule has 2 fully saturated rings. The van der Waals surface area contributed by atoms with Gasteiger partial charge >= 0.3 is 12.2 Å². The summed E-state index contributed by atoms with van der Waals surface area (Å²) in [4.78, 5) is 14.4. The number of phenols is 1. The fraction of sp³-hybridized carbons (Fsp3) is 0.367. The van der Waals surface area contributed by atoms with E-state index >= 15 is 4.39 Å². The summed E-state index contributed by atoms with van der Waals surface area (Å²) in [6, 6.07) is 4.91. The minimum atomic E-state index is -4.71. The van der Waals surface area contributed by atoms with E-state index in [-0.39, 0.29) is 41.0 Å². The van der Waals surface area contributed by atoms with Crippen molar-refractivity contribution in [3.8, 4) is 28.9 Å². The summed E-state index contributed by atoms with van der Waals surface area (Å²) in [6.45, 7) is 1.16. The summed E-state index contributed by atoms with van der Waals surface area (Å²) >= 11 is 0. The third-order valence-corrected chi connectivity index (χ3v) is 8.08. The average Bonchev–Trinajstić information content (AvgIpc) is 3.52. The van der Waals surface area contributed by atoms with Gasteiger partial charge in [-0.25, -0.2) is 13.2 Å². The Kier molecular flexibility index (Phi) is 7.31. The van der Waals surface area contributed by atoms with Crippen LogP contribution in [0.3, 0.4) is 0 Å². The molecule has 0 spiro atoms. The van der Waals surface area contributed by atoms with Gasteiger partial charge in [-0.15, -0.1) is 0 Å². The van der Waals surface area contributed by atoms with Crippen molar-refractivity contribution in [2.75, 3.05) is 26.3 Å². The molecule has 2 saturated heterocycles. The molecule has 6 rings (SSSR count). The fourth-order valence-corrected chi connectivity index (χ4v) is 6.21. The minimum Gasteiger partial charge on any atom is -0.508 e. The van der Waals surface area contributed by atoms with E-state index in [2.05, 4.69) is 19.9 Å². The third-order valence-electron chi connectivity index (χ3n) is 8.08. The molecule has 1 atom stereocenters. The number of phenolic OH excluding ortho intramolecular Hbond substituents is 1. The van der Waals surface area contributed by atoms with Crippen LogP contribution >= 0.6 is 0 Å². The van der Waals surface area contributed by atoms with Gasteiger partial charge in [-0.1, -0.05) is 13.0 Å². The van der Waals surface area contributed by atoms with Crippen LogP contribution in [0, 0.1) is 11.6 Å². The number of nitrogens with zero attached hydrogens (tertiary/aromatic N) is 4. The van der Waals surface area contributed by atoms with E-state index in [4.69, 9.17) is 9.47 Å². The lowest BCUT2D eigenvalue weighted by Crippen LogP contribution is -2.43. The Hall–Kier alpha value is -4.13. The van der Waals surface area contributed by atoms with Gasteiger partial charge in [0, 0.05) is 18.3 Å². The van der Waals surface area contributed by atoms with E-state index in [9.17, 15) is 27.1 Å². The summed E-state index contributed by atoms with van der Waals surface area (Å²) in [5, 5.41) is 10.9. The molecule has 4 aromatic rings. The summed E-state index contributed by atoms with van der Waals surface area (Å²) in [7, 11) is 0. The number of hydrogen-bond donors (Lipinski definition) is 1. The summed E-state index contributed by atoms with van der Waals surface area (Å²) < 4.78 is 94.4. The Balaban J connectivity index is 1.47. The Labute approximate surface area is 241 Å². The standard InChI is InChI=1S/C30H26F6N4O3/c1-2-19-22(32)5-4-17-8-18(41)9-20(23(17)19)25-24(33)26-21(12-37-25)27(42-15-30(34,35)36)39-28(38-26)43-14-29-6-3-7-40(29)13-16(10-29)11-31/h4-5,8-9,11-12,41H,2-3,6-7,10,13-15H2,1H3/b16-11-. The molecule has 0 amide bonds. The number of rotatable bonds is 7. The average molecular weight is 605 g/mol. The topological polar surface area (TPSA) is 80.6 Å². The van der Waals surface area contributed by atoms with E-state index in [1.165, 1.54) is 24.3 Å². The van der Waals surface area contributed by atoms with Crippen LogP contribution in [0.4, 0.5) is 26.3 Å². The van der Waals surface area contributed by atoms with E-state index in [0.29, 0.717) is 42.1 Å². The highest BCUT2D eigenvalue weighted by molar-refractivity contribution is 6.01. The Bertz CT molecular complexity index is 1760. The normalized spacial score (nSPS) is 19.9. The minimum absolute atomic E-state index is 0.00947. The molecule has 1 unspecified atom stereocenters. The predicted octanol–water partition coefficient (Wildman–Crippen LogP) is 6.80. The Morgan fingerprint density at radius 3 is 2.70 bits per heavy atom. The fourth-order valence-electron chi connectivity index (χ4n) is 6.21. The summed E-state index contributed by atoms with van der Waals surface area (Å²) in [5.74, 6) is -2.39. The second kappa shape index (κ2) is 10.9. The monoisotopic (exact) mass is 604 g/mol. The van der Waals surface area contributed by atoms with E-state index < -0.39 is 47.4 Å². The summed E-state index contributed by atoms with van der Waals surface area (Å²) in [5.41, 5.74) is -0.356. The SMILES string of the molecule is CCc1c(F)ccc2cc(O)cc(-c3ncc4c(OCC(F)(F)F)nc(OCC56CCCN5C/C(=C\F)C6)nc4c3F)c12. The van der Waals surface area contributed by atoms with Crippen molar-refractivity contribution in [3.63, 3.8) is 0 Å². The number of aromatic nitrogens is 3. The lowest BCUT2D eigenvalue weighted by atomic mass is 9.94. The molecule has 2 aromatic carbocycles. The molecule has 13 heteroatoms. The van der Waals surface area contributed by atoms with E-state index in [1.54, 1.807) is 6.92 Å². The third kappa shape index (κ3) is 5.30. The molecule has 0 radical (unpaired) electrons. The van der Waals surface area contributed by atoms with Gasteiger partial charge in [0.2, 0.25) is 5.88 Å². The molecule has 0 saturated carbocycles. The van der Waals surface area contributed by atoms with Crippen molar-refractivity contribution in [3.05, 3.63) is 59.6 Å². The van der Waals surface area contributed by atoms with Crippen molar-refractivity contribution in [2.45, 2.75) is 44.3 Å². The number of benzene rings is 2. The molecule has 2 aromatic heterocycles. The number of hydrogen-bond acceptors (Lipinski definition) is 7. The first-order chi connectivity index (χ1) is 20.5. The maximum absolute atomic E-state index is 16.3. The van der Waals surface area contributed by atoms with Gasteiger partial charge in [-0.05, 0) is 72.3 Å². The number of alkyl halides is 3. The van der Waals surface area contributed by atoms with Gasteiger partial charge in [0.05, 0.1) is 17.3 Å². The molecule has 2 aliphatic rings. The highest BCUT2D eigenvalue weighted by atomic mass is 19.4. The zero-order chi connectivity index (χ0) is 30.5. The van der Waals surface area contributed by atoms with Crippen LogP contribution < -0.4 is 9.47 Å². The van der Waals surface area contributed by atoms with Crippen molar-refractivity contribution in [1.29, 1.82) is 0 Å². The van der Waals surface area contributed by atoms with E-state index in [0.717, 1.165) is 19.2 Å². The highest BCUT2D eigenvalue weighted by Gasteiger charge is 2.47. The van der Waals surface area contributed by atoms with Gasteiger partial charge in [-0.3, -0.25) is 9.88 Å². The first-order valence-corrected chi connectivity index (χ1v) is 13.7. The number of halogens is 6. The van der Waals surface area contributed by atoms with Crippen LogP contribution in [0.15, 0.2) is 42.4 Å². The number of pyridine rings is 1. The number of aromatic hydroxyl groups is 1. The lowest BCUT2D eigenvalue weighted by molar-refractivity contribution is -0.153. The first-order valence-electron chi connectivity index (χ1n) is 13.7. The van der Waals surface area contributed by atoms with Gasteiger partial charge in [0.15, 0.2) is 12.4 Å². The van der Waals surface area contributed by atoms with Gasteiger partial charge in [-0.2, -0.15) is 23.1 Å². The van der Waals surface area contributed by atoms with Crippen molar-refractivity contribution in [2.24, 2.45) is 0 Å². The number of aryl methyl sites for hydroxylation is 1. The first kappa shape index (κ1) is 29.0. The van der Waals surface area contributed by atoms with Crippen molar-refractivity contribution >= 4 is 21.7 Å². The molecular weight excluding hydrogens is 578 g/mol. The molecule has 1 N–H and O–H groups in total. The zero-order valence-electron chi connectivity index (χ0n) is 22.9. The maximum atomic E-state index is 16.3. The zero-order valence-corrected chi connectivity index (χ0v) is 22.9. The molecule has 7 nitrogen and oxygen atoms in total. The molecule has 226 valence electrons. The second-order valence-electron chi connectivity index (χ2n) is 10.9. The second-order valence-corrected chi connectivity index (χ2v) is 10.9. The van der Waals surface area contributed by atoms with Crippen LogP contribution in [0.25, 0.3) is 32.9 Å². The molecule has 43 heavy (non-hydrogen) atoms. The lowest BCUT2D eigenvalue weighted by Gasteiger charge is -2.30. The molecule has 0 aliphatic carbocycles. The molecular formula is C30H26F6N4O3. The highest BCUT2D eigenvalue weighted by Crippen LogP contribution is 2.42. The van der Waals surface area contributed by atoms with E-state index in [1.807, 2.05) is 0 Å². The Morgan fingerprint density at radius 1 is 1.14 bits per heavy atom. The molecule has 0 bridgehead atoms. The molecule has 4 heterocycles. The summed E-state index contributed by atoms with van der Waals surface area (Å²) in [6.07, 6.45) is -0.881. The smallest absolute Gasteiger partial charge is 0.422 e. The largest absolute Gasteiger partial charge is 0.508 e. The maximum Gasteiger partial charge on any atom is 0.422 e. The van der Waals surface area contributed by atoms with Crippen molar-refractivity contribution in [1.82, 2.24) is 19.9 Å². The van der Waals surface area contributed by atoms with Gasteiger partial charge in [0.25, 0.3) is 0 Å². The number of fused-ring (bicyclic) bond motifs is 3. The van der Waals surface area contributed by atoms with Crippen molar-refractivity contribution < 1.29 is 40.9 Å². The Morgan fingerprint density at radius 2 is 1.95 bits per heavy atom. The van der Waals surface area contributed by atoms with Crippen LogP contribution in [-0.4, -0.2) is 63.0 Å².